The van der Waals surface area contributed by atoms with Gasteiger partial charge in [-0.15, -0.1) is 0 Å². The molecule has 1 aromatic carbocycles. The number of nitrogens with zero attached hydrogens (tertiary/aromatic N) is 3. The van der Waals surface area contributed by atoms with E-state index in [9.17, 15) is 18.0 Å². The van der Waals surface area contributed by atoms with Crippen LogP contribution in [0.25, 0.3) is 11.1 Å². The first kappa shape index (κ1) is 26.0. The van der Waals surface area contributed by atoms with Gasteiger partial charge in [-0.1, -0.05) is 24.3 Å². The summed E-state index contributed by atoms with van der Waals surface area (Å²) >= 11 is 0. The van der Waals surface area contributed by atoms with Gasteiger partial charge in [0.2, 0.25) is 5.88 Å². The van der Waals surface area contributed by atoms with E-state index >= 15 is 0 Å². The third-order valence-electron chi connectivity index (χ3n) is 5.07. The van der Waals surface area contributed by atoms with Gasteiger partial charge in [-0.3, -0.25) is 15.1 Å². The number of carbonyl (C=O) groups excluding carboxylic acids is 1. The molecule has 186 valence electrons. The Hall–Kier alpha value is -3.66. The third-order valence-corrected chi connectivity index (χ3v) is 5.07. The molecule has 1 N–H and O–H groups in total. The number of hydrogen-bond acceptors (Lipinski definition) is 6. The number of rotatable bonds is 5. The molecule has 1 aliphatic heterocycles. The van der Waals surface area contributed by atoms with Crippen molar-refractivity contribution in [2.45, 2.75) is 20.1 Å². The Balaban J connectivity index is 0.000000225. The van der Waals surface area contributed by atoms with E-state index in [0.29, 0.717) is 12.5 Å². The first-order chi connectivity index (χ1) is 16.8. The minimum absolute atomic E-state index is 0.0141. The first-order valence-electron chi connectivity index (χ1n) is 11.1. The number of alkyl halides is 3. The second-order valence-corrected chi connectivity index (χ2v) is 7.53. The summed E-state index contributed by atoms with van der Waals surface area (Å²) in [5, 5.41) is 0.896. The number of ether oxygens (including phenoxy) is 2. The van der Waals surface area contributed by atoms with Crippen molar-refractivity contribution in [3.05, 3.63) is 72.2 Å². The molecular weight excluding hydrogens is 461 g/mol. The van der Waals surface area contributed by atoms with Gasteiger partial charge in [0.15, 0.2) is 0 Å². The average molecular weight is 489 g/mol. The number of aromatic nitrogens is 2. The largest absolute Gasteiger partial charge is 0.484 e. The summed E-state index contributed by atoms with van der Waals surface area (Å²) in [7, 11) is 0. The van der Waals surface area contributed by atoms with Gasteiger partial charge in [-0.05, 0) is 38.1 Å². The number of nitrogens with one attached hydrogen (secondary N) is 1. The van der Waals surface area contributed by atoms with Gasteiger partial charge in [-0.25, -0.2) is 4.98 Å². The van der Waals surface area contributed by atoms with Crippen molar-refractivity contribution in [3.8, 4) is 17.0 Å². The predicted molar refractivity (Wildman–Crippen MR) is 126 cm³/mol. The topological polar surface area (TPSA) is 76.6 Å². The van der Waals surface area contributed by atoms with Gasteiger partial charge < -0.3 is 14.4 Å². The van der Waals surface area contributed by atoms with Crippen LogP contribution in [0.1, 0.15) is 23.0 Å². The highest BCUT2D eigenvalue weighted by Gasteiger charge is 2.30. The van der Waals surface area contributed by atoms with E-state index in [2.05, 4.69) is 27.0 Å². The number of pyridine rings is 2. The minimum atomic E-state index is -4.67. The highest BCUT2D eigenvalue weighted by Crippen LogP contribution is 2.32. The lowest BCUT2D eigenvalue weighted by Crippen LogP contribution is -2.37. The predicted octanol–water partition coefficient (Wildman–Crippen LogP) is 4.62. The van der Waals surface area contributed by atoms with Crippen molar-refractivity contribution in [3.63, 3.8) is 0 Å². The monoisotopic (exact) mass is 488 g/mol. The van der Waals surface area contributed by atoms with Crippen LogP contribution in [0.2, 0.25) is 0 Å². The van der Waals surface area contributed by atoms with Crippen LogP contribution >= 0.6 is 0 Å². The van der Waals surface area contributed by atoms with Crippen molar-refractivity contribution in [1.82, 2.24) is 15.3 Å². The number of benzene rings is 1. The van der Waals surface area contributed by atoms with E-state index in [4.69, 9.17) is 9.47 Å². The molecule has 1 aliphatic rings. The fraction of sp³-hybridized carbons (Fsp3) is 0.320. The van der Waals surface area contributed by atoms with Crippen molar-refractivity contribution in [1.29, 1.82) is 0 Å². The third kappa shape index (κ3) is 7.68. The summed E-state index contributed by atoms with van der Waals surface area (Å²) in [6, 6.07) is 13.4. The molecule has 0 aliphatic carbocycles. The van der Waals surface area contributed by atoms with Crippen LogP contribution in [0.3, 0.4) is 0 Å². The zero-order valence-corrected chi connectivity index (χ0v) is 19.5. The number of aryl methyl sites for hydroxylation is 1. The standard InChI is InChI=1S/C17H21N3O2.C8H6F3NO/c1-3-22-17-16(20-7-9-21-10-8-20)11-14(12-19-17)15-5-4-6-18-13(15)2;9-8(10,11)12-7(13)6-4-2-1-3-5-6/h4-6,11-12H,3,7-10H2,1-2H3;1-5H,(H,12,13). The van der Waals surface area contributed by atoms with E-state index < -0.39 is 12.2 Å². The molecule has 35 heavy (non-hydrogen) atoms. The van der Waals surface area contributed by atoms with Gasteiger partial charge in [0.05, 0.1) is 19.8 Å². The maximum absolute atomic E-state index is 11.7. The summed E-state index contributed by atoms with van der Waals surface area (Å²) in [4.78, 5) is 22.0. The smallest absolute Gasteiger partial charge is 0.476 e. The summed E-state index contributed by atoms with van der Waals surface area (Å²) in [5.41, 5.74) is 4.19. The average Bonchev–Trinajstić information content (AvgIpc) is 2.85. The Labute approximate surface area is 201 Å². The maximum atomic E-state index is 11.7. The fourth-order valence-corrected chi connectivity index (χ4v) is 3.45. The van der Waals surface area contributed by atoms with E-state index in [1.54, 1.807) is 6.07 Å². The molecule has 10 heteroatoms. The van der Waals surface area contributed by atoms with E-state index in [-0.39, 0.29) is 5.56 Å². The molecule has 3 heterocycles. The SMILES string of the molecule is CCOc1ncc(-c2cccnc2C)cc1N1CCOCC1.O=C(NC(F)(F)F)c1ccccc1. The Morgan fingerprint density at radius 2 is 1.83 bits per heavy atom. The van der Waals surface area contributed by atoms with Crippen LogP contribution in [0.15, 0.2) is 60.9 Å². The van der Waals surface area contributed by atoms with Crippen LogP contribution in [-0.4, -0.2) is 55.1 Å². The fourth-order valence-electron chi connectivity index (χ4n) is 3.45. The summed E-state index contributed by atoms with van der Waals surface area (Å²) in [6.45, 7) is 7.79. The van der Waals surface area contributed by atoms with Crippen LogP contribution in [0.4, 0.5) is 18.9 Å². The molecule has 1 fully saturated rings. The molecule has 7 nitrogen and oxygen atoms in total. The summed E-state index contributed by atoms with van der Waals surface area (Å²) in [6.07, 6.45) is -1.00. The minimum Gasteiger partial charge on any atom is -0.476 e. The lowest BCUT2D eigenvalue weighted by molar-refractivity contribution is -0.146. The zero-order valence-electron chi connectivity index (χ0n) is 19.5. The van der Waals surface area contributed by atoms with Crippen molar-refractivity contribution < 1.29 is 27.4 Å². The Kier molecular flexibility index (Phi) is 9.02. The van der Waals surface area contributed by atoms with Crippen LogP contribution < -0.4 is 15.0 Å². The Morgan fingerprint density at radius 1 is 1.11 bits per heavy atom. The van der Waals surface area contributed by atoms with Crippen LogP contribution in [-0.2, 0) is 4.74 Å². The number of anilines is 1. The normalized spacial score (nSPS) is 13.5. The van der Waals surface area contributed by atoms with Gasteiger partial charge >= 0.3 is 6.30 Å². The molecule has 1 amide bonds. The molecule has 3 aromatic rings. The number of morpholine rings is 1. The second-order valence-electron chi connectivity index (χ2n) is 7.53. The lowest BCUT2D eigenvalue weighted by atomic mass is 10.1. The number of amides is 1. The van der Waals surface area contributed by atoms with Crippen molar-refractivity contribution in [2.75, 3.05) is 37.8 Å². The van der Waals surface area contributed by atoms with Crippen molar-refractivity contribution in [2.24, 2.45) is 0 Å². The zero-order chi connectivity index (χ0) is 25.3. The summed E-state index contributed by atoms with van der Waals surface area (Å²) < 4.78 is 46.1. The van der Waals surface area contributed by atoms with E-state index in [1.807, 2.05) is 32.3 Å². The molecule has 0 radical (unpaired) electrons. The first-order valence-corrected chi connectivity index (χ1v) is 11.1. The molecule has 4 rings (SSSR count). The molecule has 2 aromatic heterocycles. The lowest BCUT2D eigenvalue weighted by Gasteiger charge is -2.30. The molecule has 0 saturated carbocycles. The second kappa shape index (κ2) is 12.2. The Morgan fingerprint density at radius 3 is 2.46 bits per heavy atom. The van der Waals surface area contributed by atoms with E-state index in [0.717, 1.165) is 54.1 Å². The Bertz CT molecular complexity index is 1100. The van der Waals surface area contributed by atoms with Gasteiger partial charge in [0.25, 0.3) is 5.91 Å². The molecule has 0 spiro atoms. The van der Waals surface area contributed by atoms with Gasteiger partial charge in [-0.2, -0.15) is 13.2 Å². The van der Waals surface area contributed by atoms with Crippen LogP contribution in [0.5, 0.6) is 5.88 Å². The number of hydrogen-bond donors (Lipinski definition) is 1. The van der Waals surface area contributed by atoms with Gasteiger partial charge in [0.1, 0.15) is 5.69 Å². The molecular formula is C25H27F3N4O3. The molecule has 0 unspecified atom stereocenters. The van der Waals surface area contributed by atoms with E-state index in [1.165, 1.54) is 24.3 Å². The number of halogens is 3. The molecule has 0 bridgehead atoms. The molecule has 0 atom stereocenters. The highest BCUT2D eigenvalue weighted by molar-refractivity contribution is 5.94. The maximum Gasteiger partial charge on any atom is 0.484 e. The van der Waals surface area contributed by atoms with Crippen molar-refractivity contribution >= 4 is 11.6 Å². The van der Waals surface area contributed by atoms with Crippen LogP contribution in [0, 0.1) is 6.92 Å². The number of carbonyl (C=O) groups is 1. The summed E-state index contributed by atoms with van der Waals surface area (Å²) in [5.74, 6) is -0.456. The molecule has 1 saturated heterocycles. The van der Waals surface area contributed by atoms with Gasteiger partial charge in [0, 0.05) is 47.9 Å². The highest BCUT2D eigenvalue weighted by atomic mass is 19.4. The quantitative estimate of drug-likeness (QED) is 0.528.